The minimum atomic E-state index is 0.471. The topological polar surface area (TPSA) is 39.5 Å². The Kier molecular flexibility index (Phi) is 4.20. The van der Waals surface area contributed by atoms with Crippen molar-refractivity contribution >= 4 is 0 Å². The van der Waals surface area contributed by atoms with Gasteiger partial charge in [-0.2, -0.15) is 5.10 Å². The molecular formula is C17H27N3O2. The van der Waals surface area contributed by atoms with Crippen LogP contribution < -0.4 is 0 Å². The van der Waals surface area contributed by atoms with Crippen molar-refractivity contribution in [2.24, 2.45) is 13.0 Å². The van der Waals surface area contributed by atoms with Crippen LogP contribution in [0.1, 0.15) is 42.9 Å². The molecule has 1 saturated carbocycles. The van der Waals surface area contributed by atoms with Crippen LogP contribution in [0.3, 0.4) is 0 Å². The summed E-state index contributed by atoms with van der Waals surface area (Å²) in [6.45, 7) is 5.73. The summed E-state index contributed by atoms with van der Waals surface area (Å²) in [6.07, 6.45) is 7.08. The molecule has 0 amide bonds. The summed E-state index contributed by atoms with van der Waals surface area (Å²) in [5.74, 6) is 1.31. The standard InChI is InChI=1S/C17H27N3O2/c1-19-17-10-20(15-4-6-21-7-5-15)9-14(16(17)8-18-19)12-22-11-13-2-3-13/h8,13-15H,2-7,9-12H2,1H3/t14-/m1/s1. The molecule has 1 aromatic rings. The second-order valence-corrected chi connectivity index (χ2v) is 7.12. The lowest BCUT2D eigenvalue weighted by Crippen LogP contribution is -2.44. The highest BCUT2D eigenvalue weighted by molar-refractivity contribution is 5.26. The lowest BCUT2D eigenvalue weighted by Gasteiger charge is -2.39. The zero-order chi connectivity index (χ0) is 14.9. The molecule has 3 aliphatic rings. The van der Waals surface area contributed by atoms with Crippen LogP contribution in [0.4, 0.5) is 0 Å². The van der Waals surface area contributed by atoms with Crippen LogP contribution >= 0.6 is 0 Å². The molecule has 3 heterocycles. The molecule has 0 bridgehead atoms. The quantitative estimate of drug-likeness (QED) is 0.833. The first-order chi connectivity index (χ1) is 10.8. The molecule has 5 nitrogen and oxygen atoms in total. The Labute approximate surface area is 132 Å². The van der Waals surface area contributed by atoms with Gasteiger partial charge >= 0.3 is 0 Å². The van der Waals surface area contributed by atoms with Crippen molar-refractivity contribution in [2.45, 2.75) is 44.2 Å². The predicted molar refractivity (Wildman–Crippen MR) is 83.7 cm³/mol. The lowest BCUT2D eigenvalue weighted by atomic mass is 9.93. The first kappa shape index (κ1) is 14.7. The molecular weight excluding hydrogens is 278 g/mol. The van der Waals surface area contributed by atoms with Crippen LogP contribution in [0.2, 0.25) is 0 Å². The molecule has 1 saturated heterocycles. The van der Waals surface area contributed by atoms with Gasteiger partial charge in [-0.05, 0) is 31.6 Å². The fraction of sp³-hybridized carbons (Fsp3) is 0.824. The zero-order valence-electron chi connectivity index (χ0n) is 13.5. The largest absolute Gasteiger partial charge is 0.381 e. The van der Waals surface area contributed by atoms with Gasteiger partial charge in [0.1, 0.15) is 0 Å². The lowest BCUT2D eigenvalue weighted by molar-refractivity contribution is 0.0161. The molecule has 0 unspecified atom stereocenters. The Morgan fingerprint density at radius 2 is 2.05 bits per heavy atom. The van der Waals surface area contributed by atoms with E-state index in [4.69, 9.17) is 9.47 Å². The summed E-state index contributed by atoms with van der Waals surface area (Å²) < 4.78 is 13.6. The van der Waals surface area contributed by atoms with E-state index in [1.54, 1.807) is 0 Å². The number of aryl methyl sites for hydroxylation is 1. The summed E-state index contributed by atoms with van der Waals surface area (Å²) in [7, 11) is 2.06. The maximum Gasteiger partial charge on any atom is 0.0557 e. The molecule has 122 valence electrons. The van der Waals surface area contributed by atoms with E-state index in [0.29, 0.717) is 12.0 Å². The molecule has 2 fully saturated rings. The molecule has 5 heteroatoms. The summed E-state index contributed by atoms with van der Waals surface area (Å²) in [4.78, 5) is 2.64. The minimum absolute atomic E-state index is 0.471. The second-order valence-electron chi connectivity index (χ2n) is 7.12. The Bertz CT molecular complexity index is 506. The van der Waals surface area contributed by atoms with Gasteiger partial charge in [-0.15, -0.1) is 0 Å². The SMILES string of the molecule is Cn1ncc2c1CN(C1CCOCC1)C[C@@H]2COCC1CC1. The highest BCUT2D eigenvalue weighted by atomic mass is 16.5. The molecule has 0 N–H and O–H groups in total. The molecule has 1 aromatic heterocycles. The summed E-state index contributed by atoms with van der Waals surface area (Å²) in [6, 6.07) is 0.655. The van der Waals surface area contributed by atoms with Crippen LogP contribution in [0, 0.1) is 5.92 Å². The van der Waals surface area contributed by atoms with Gasteiger partial charge in [0.05, 0.1) is 18.5 Å². The number of hydrogen-bond acceptors (Lipinski definition) is 4. The van der Waals surface area contributed by atoms with E-state index in [9.17, 15) is 0 Å². The van der Waals surface area contributed by atoms with Gasteiger partial charge in [0.15, 0.2) is 0 Å². The number of nitrogens with zero attached hydrogens (tertiary/aromatic N) is 3. The van der Waals surface area contributed by atoms with Gasteiger partial charge in [-0.1, -0.05) is 0 Å². The van der Waals surface area contributed by atoms with Crippen molar-refractivity contribution in [1.82, 2.24) is 14.7 Å². The Morgan fingerprint density at radius 3 is 2.82 bits per heavy atom. The maximum atomic E-state index is 6.01. The third-order valence-corrected chi connectivity index (χ3v) is 5.42. The molecule has 0 aromatic carbocycles. The average molecular weight is 305 g/mol. The van der Waals surface area contributed by atoms with Crippen LogP contribution in [0.5, 0.6) is 0 Å². The van der Waals surface area contributed by atoms with E-state index in [1.165, 1.54) is 24.1 Å². The van der Waals surface area contributed by atoms with E-state index >= 15 is 0 Å². The maximum absolute atomic E-state index is 6.01. The van der Waals surface area contributed by atoms with Crippen molar-refractivity contribution in [2.75, 3.05) is 33.0 Å². The van der Waals surface area contributed by atoms with Crippen molar-refractivity contribution in [3.8, 4) is 0 Å². The third kappa shape index (κ3) is 3.07. The van der Waals surface area contributed by atoms with Crippen LogP contribution in [0.25, 0.3) is 0 Å². The number of rotatable bonds is 5. The summed E-state index contributed by atoms with van der Waals surface area (Å²) >= 11 is 0. The van der Waals surface area contributed by atoms with E-state index in [-0.39, 0.29) is 0 Å². The Hall–Kier alpha value is -0.910. The average Bonchev–Trinajstić information content (AvgIpc) is 3.31. The number of aromatic nitrogens is 2. The Morgan fingerprint density at radius 1 is 1.23 bits per heavy atom. The van der Waals surface area contributed by atoms with Gasteiger partial charge in [0.25, 0.3) is 0 Å². The van der Waals surface area contributed by atoms with Crippen LogP contribution in [-0.4, -0.2) is 53.7 Å². The highest BCUT2D eigenvalue weighted by Crippen LogP contribution is 2.33. The van der Waals surface area contributed by atoms with Crippen LogP contribution in [0.15, 0.2) is 6.20 Å². The number of hydrogen-bond donors (Lipinski definition) is 0. The smallest absolute Gasteiger partial charge is 0.0557 e. The van der Waals surface area contributed by atoms with E-state index < -0.39 is 0 Å². The Balaban J connectivity index is 1.45. The fourth-order valence-corrected chi connectivity index (χ4v) is 3.79. The number of ether oxygens (including phenoxy) is 2. The predicted octanol–water partition coefficient (Wildman–Crippen LogP) is 1.92. The molecule has 1 aliphatic carbocycles. The molecule has 2 aliphatic heterocycles. The van der Waals surface area contributed by atoms with E-state index in [0.717, 1.165) is 58.3 Å². The first-order valence-corrected chi connectivity index (χ1v) is 8.71. The number of fused-ring (bicyclic) bond motifs is 1. The highest BCUT2D eigenvalue weighted by Gasteiger charge is 2.33. The summed E-state index contributed by atoms with van der Waals surface area (Å²) in [5, 5.41) is 4.49. The van der Waals surface area contributed by atoms with Gasteiger partial charge in [-0.25, -0.2) is 0 Å². The van der Waals surface area contributed by atoms with E-state index in [1.807, 2.05) is 0 Å². The minimum Gasteiger partial charge on any atom is -0.381 e. The van der Waals surface area contributed by atoms with Crippen molar-refractivity contribution in [1.29, 1.82) is 0 Å². The van der Waals surface area contributed by atoms with Crippen molar-refractivity contribution in [3.63, 3.8) is 0 Å². The molecule has 4 rings (SSSR count). The molecule has 22 heavy (non-hydrogen) atoms. The van der Waals surface area contributed by atoms with Gasteiger partial charge in [0.2, 0.25) is 0 Å². The van der Waals surface area contributed by atoms with Gasteiger partial charge in [0, 0.05) is 57.5 Å². The van der Waals surface area contributed by atoms with Gasteiger partial charge in [-0.3, -0.25) is 9.58 Å². The molecule has 0 radical (unpaired) electrons. The molecule has 0 spiro atoms. The zero-order valence-corrected chi connectivity index (χ0v) is 13.5. The van der Waals surface area contributed by atoms with Crippen LogP contribution in [-0.2, 0) is 23.1 Å². The van der Waals surface area contributed by atoms with E-state index in [2.05, 4.69) is 27.9 Å². The monoisotopic (exact) mass is 305 g/mol. The fourth-order valence-electron chi connectivity index (χ4n) is 3.79. The third-order valence-electron chi connectivity index (χ3n) is 5.42. The first-order valence-electron chi connectivity index (χ1n) is 8.71. The van der Waals surface area contributed by atoms with Gasteiger partial charge < -0.3 is 9.47 Å². The summed E-state index contributed by atoms with van der Waals surface area (Å²) in [5.41, 5.74) is 2.78. The normalized spacial score (nSPS) is 27.0. The van der Waals surface area contributed by atoms with Crippen molar-refractivity contribution < 1.29 is 9.47 Å². The van der Waals surface area contributed by atoms with Crippen molar-refractivity contribution in [3.05, 3.63) is 17.5 Å². The second kappa shape index (κ2) is 6.30. The molecule has 1 atom stereocenters.